The Morgan fingerprint density at radius 1 is 1.36 bits per heavy atom. The maximum absolute atomic E-state index is 5.81. The second-order valence-electron chi connectivity index (χ2n) is 3.41. The molecular weight excluding hydrogens is 196 g/mol. The highest BCUT2D eigenvalue weighted by atomic mass is 35.5. The van der Waals surface area contributed by atoms with Crippen LogP contribution < -0.4 is 11.3 Å². The van der Waals surface area contributed by atoms with Gasteiger partial charge in [-0.1, -0.05) is 43.5 Å². The van der Waals surface area contributed by atoms with Gasteiger partial charge >= 0.3 is 0 Å². The van der Waals surface area contributed by atoms with Gasteiger partial charge in [-0.15, -0.1) is 0 Å². The summed E-state index contributed by atoms with van der Waals surface area (Å²) in [6.45, 7) is 2.18. The molecule has 1 aromatic carbocycles. The van der Waals surface area contributed by atoms with Crippen LogP contribution >= 0.6 is 11.6 Å². The highest BCUT2D eigenvalue weighted by molar-refractivity contribution is 6.30. The van der Waals surface area contributed by atoms with Gasteiger partial charge in [0, 0.05) is 11.1 Å². The Balaban J connectivity index is 2.64. The zero-order valence-corrected chi connectivity index (χ0v) is 9.22. The summed E-state index contributed by atoms with van der Waals surface area (Å²) in [4.78, 5) is 0. The van der Waals surface area contributed by atoms with Crippen molar-refractivity contribution in [1.29, 1.82) is 0 Å². The molecule has 0 spiro atoms. The van der Waals surface area contributed by atoms with E-state index in [0.29, 0.717) is 0 Å². The first-order valence-electron chi connectivity index (χ1n) is 4.99. The van der Waals surface area contributed by atoms with Gasteiger partial charge in [-0.2, -0.15) is 0 Å². The van der Waals surface area contributed by atoms with Crippen LogP contribution in [0.4, 0.5) is 0 Å². The smallest absolute Gasteiger partial charge is 0.0460 e. The fourth-order valence-electron chi connectivity index (χ4n) is 1.45. The largest absolute Gasteiger partial charge is 0.271 e. The van der Waals surface area contributed by atoms with Crippen LogP contribution in [0, 0.1) is 0 Å². The molecule has 0 saturated heterocycles. The zero-order valence-electron chi connectivity index (χ0n) is 8.46. The molecule has 3 N–H and O–H groups in total. The fourth-order valence-corrected chi connectivity index (χ4v) is 1.58. The number of hydrazine groups is 1. The fraction of sp³-hybridized carbons (Fsp3) is 0.455. The number of halogens is 1. The summed E-state index contributed by atoms with van der Waals surface area (Å²) in [5, 5.41) is 0.764. The maximum atomic E-state index is 5.81. The molecule has 0 saturated carbocycles. The van der Waals surface area contributed by atoms with Crippen molar-refractivity contribution >= 4 is 11.6 Å². The molecule has 0 amide bonds. The molecule has 1 atom stereocenters. The lowest BCUT2D eigenvalue weighted by molar-refractivity contribution is 0.495. The van der Waals surface area contributed by atoms with E-state index in [1.165, 1.54) is 18.4 Å². The molecule has 1 unspecified atom stereocenters. The summed E-state index contributed by atoms with van der Waals surface area (Å²) in [6.07, 6.45) is 3.43. The Hall–Kier alpha value is -0.570. The quantitative estimate of drug-likeness (QED) is 0.582. The number of nitrogens with one attached hydrogen (secondary N) is 1. The SMILES string of the molecule is CCCCC(NN)c1ccc(Cl)cc1. The minimum Gasteiger partial charge on any atom is -0.271 e. The average Bonchev–Trinajstić information content (AvgIpc) is 2.21. The minimum absolute atomic E-state index is 0.243. The second-order valence-corrected chi connectivity index (χ2v) is 3.85. The van der Waals surface area contributed by atoms with Crippen LogP contribution in [-0.2, 0) is 0 Å². The van der Waals surface area contributed by atoms with Gasteiger partial charge in [0.2, 0.25) is 0 Å². The Kier molecular flexibility index (Phi) is 4.94. The second kappa shape index (κ2) is 6.02. The molecule has 0 radical (unpaired) electrons. The van der Waals surface area contributed by atoms with Crippen molar-refractivity contribution in [3.8, 4) is 0 Å². The van der Waals surface area contributed by atoms with Gasteiger partial charge in [0.15, 0.2) is 0 Å². The lowest BCUT2D eigenvalue weighted by Crippen LogP contribution is -2.27. The number of unbranched alkanes of at least 4 members (excludes halogenated alkanes) is 1. The Bertz CT molecular complexity index is 258. The average molecular weight is 213 g/mol. The summed E-state index contributed by atoms with van der Waals surface area (Å²) in [5.41, 5.74) is 4.03. The summed E-state index contributed by atoms with van der Waals surface area (Å²) in [7, 11) is 0. The number of nitrogens with two attached hydrogens (primary N) is 1. The molecule has 78 valence electrons. The van der Waals surface area contributed by atoms with E-state index in [1.807, 2.05) is 24.3 Å². The van der Waals surface area contributed by atoms with Gasteiger partial charge < -0.3 is 0 Å². The van der Waals surface area contributed by atoms with E-state index < -0.39 is 0 Å². The summed E-state index contributed by atoms with van der Waals surface area (Å²) in [5.74, 6) is 5.50. The van der Waals surface area contributed by atoms with Crippen LogP contribution in [-0.4, -0.2) is 0 Å². The van der Waals surface area contributed by atoms with Crippen molar-refractivity contribution in [2.24, 2.45) is 5.84 Å². The lowest BCUT2D eigenvalue weighted by Gasteiger charge is -2.15. The number of benzene rings is 1. The molecular formula is C11H17ClN2. The van der Waals surface area contributed by atoms with Crippen molar-refractivity contribution in [3.05, 3.63) is 34.9 Å². The summed E-state index contributed by atoms with van der Waals surface area (Å²) < 4.78 is 0. The molecule has 0 heterocycles. The van der Waals surface area contributed by atoms with Crippen molar-refractivity contribution in [2.45, 2.75) is 32.2 Å². The van der Waals surface area contributed by atoms with Gasteiger partial charge in [-0.25, -0.2) is 0 Å². The van der Waals surface area contributed by atoms with E-state index in [4.69, 9.17) is 17.4 Å². The van der Waals surface area contributed by atoms with Gasteiger partial charge in [0.1, 0.15) is 0 Å². The third-order valence-corrected chi connectivity index (χ3v) is 2.57. The molecule has 2 nitrogen and oxygen atoms in total. The van der Waals surface area contributed by atoms with E-state index in [-0.39, 0.29) is 6.04 Å². The van der Waals surface area contributed by atoms with Crippen LogP contribution in [0.25, 0.3) is 0 Å². The van der Waals surface area contributed by atoms with Gasteiger partial charge in [-0.3, -0.25) is 11.3 Å². The van der Waals surface area contributed by atoms with E-state index in [0.717, 1.165) is 11.4 Å². The number of rotatable bonds is 5. The first kappa shape index (κ1) is 11.5. The molecule has 0 fully saturated rings. The van der Waals surface area contributed by atoms with Crippen LogP contribution in [0.5, 0.6) is 0 Å². The number of hydrogen-bond acceptors (Lipinski definition) is 2. The van der Waals surface area contributed by atoms with Crippen LogP contribution in [0.15, 0.2) is 24.3 Å². The minimum atomic E-state index is 0.243. The molecule has 3 heteroatoms. The zero-order chi connectivity index (χ0) is 10.4. The molecule has 0 aliphatic rings. The van der Waals surface area contributed by atoms with E-state index >= 15 is 0 Å². The van der Waals surface area contributed by atoms with Crippen LogP contribution in [0.1, 0.15) is 37.8 Å². The maximum Gasteiger partial charge on any atom is 0.0460 e. The van der Waals surface area contributed by atoms with E-state index in [9.17, 15) is 0 Å². The Morgan fingerprint density at radius 2 is 2.00 bits per heavy atom. The monoisotopic (exact) mass is 212 g/mol. The molecule has 1 aromatic rings. The summed E-state index contributed by atoms with van der Waals surface area (Å²) in [6, 6.07) is 8.07. The Labute approximate surface area is 90.4 Å². The van der Waals surface area contributed by atoms with Crippen LogP contribution in [0.2, 0.25) is 5.02 Å². The molecule has 0 bridgehead atoms. The molecule has 0 aromatic heterocycles. The topological polar surface area (TPSA) is 38.0 Å². The first-order valence-corrected chi connectivity index (χ1v) is 5.37. The van der Waals surface area contributed by atoms with Crippen molar-refractivity contribution in [3.63, 3.8) is 0 Å². The molecule has 0 aliphatic carbocycles. The van der Waals surface area contributed by atoms with Crippen molar-refractivity contribution in [1.82, 2.24) is 5.43 Å². The molecule has 1 rings (SSSR count). The standard InChI is InChI=1S/C11H17ClN2/c1-2-3-4-11(14-13)9-5-7-10(12)8-6-9/h5-8,11,14H,2-4,13H2,1H3. The first-order chi connectivity index (χ1) is 6.77. The van der Waals surface area contributed by atoms with Gasteiger partial charge in [-0.05, 0) is 24.1 Å². The highest BCUT2D eigenvalue weighted by Gasteiger charge is 2.07. The molecule has 14 heavy (non-hydrogen) atoms. The van der Waals surface area contributed by atoms with Crippen LogP contribution in [0.3, 0.4) is 0 Å². The number of hydrogen-bond donors (Lipinski definition) is 2. The van der Waals surface area contributed by atoms with E-state index in [1.54, 1.807) is 0 Å². The van der Waals surface area contributed by atoms with Crippen molar-refractivity contribution in [2.75, 3.05) is 0 Å². The molecule has 0 aliphatic heterocycles. The Morgan fingerprint density at radius 3 is 2.50 bits per heavy atom. The van der Waals surface area contributed by atoms with Gasteiger partial charge in [0.05, 0.1) is 0 Å². The normalized spacial score (nSPS) is 12.8. The highest BCUT2D eigenvalue weighted by Crippen LogP contribution is 2.20. The van der Waals surface area contributed by atoms with Crippen molar-refractivity contribution < 1.29 is 0 Å². The van der Waals surface area contributed by atoms with E-state index in [2.05, 4.69) is 12.3 Å². The lowest BCUT2D eigenvalue weighted by atomic mass is 10.0. The predicted molar refractivity (Wildman–Crippen MR) is 61.0 cm³/mol. The van der Waals surface area contributed by atoms with Gasteiger partial charge in [0.25, 0.3) is 0 Å². The third kappa shape index (κ3) is 3.29. The predicted octanol–water partition coefficient (Wildman–Crippen LogP) is 3.03. The summed E-state index contributed by atoms with van der Waals surface area (Å²) >= 11 is 5.81. The third-order valence-electron chi connectivity index (χ3n) is 2.32.